The van der Waals surface area contributed by atoms with Crippen LogP contribution in [0.1, 0.15) is 6.92 Å². The van der Waals surface area contributed by atoms with Crippen molar-refractivity contribution in [2.75, 3.05) is 11.9 Å². The molecular weight excluding hydrogens is 380 g/mol. The Morgan fingerprint density at radius 2 is 1.90 bits per heavy atom. The molecule has 0 atom stereocenters. The molecule has 0 aliphatic carbocycles. The van der Waals surface area contributed by atoms with Crippen molar-refractivity contribution >= 4 is 39.2 Å². The quantitative estimate of drug-likeness (QED) is 0.668. The van der Waals surface area contributed by atoms with E-state index in [1.165, 1.54) is 6.07 Å². The molecule has 1 heterocycles. The van der Waals surface area contributed by atoms with E-state index in [9.17, 15) is 4.39 Å². The number of anilines is 1. The number of hydrogen-bond acceptors (Lipinski definition) is 3. The van der Waals surface area contributed by atoms with Gasteiger partial charge in [0.25, 0.3) is 0 Å². The number of fused-ring (bicyclic) bond motifs is 1. The fourth-order valence-electron chi connectivity index (χ4n) is 2.25. The summed E-state index contributed by atoms with van der Waals surface area (Å²) in [6.07, 6.45) is 1.78. The minimum Gasteiger partial charge on any atom is -0.369 e. The third-order valence-electron chi connectivity index (χ3n) is 3.20. The number of nitrogens with zero attached hydrogens (tertiary/aromatic N) is 2. The first-order chi connectivity index (χ1) is 10.2. The minimum absolute atomic E-state index is 0.230. The summed E-state index contributed by atoms with van der Waals surface area (Å²) in [4.78, 5) is 8.95. The lowest BCUT2D eigenvalue weighted by atomic mass is 10.0. The average molecular weight is 393 g/mol. The van der Waals surface area contributed by atoms with Gasteiger partial charge in [-0.15, -0.1) is 0 Å². The molecule has 1 aromatic heterocycles. The standard InChI is InChI=1S/C16H13FIN3/c1-2-19-16-14(18)9-20-15(21-16)12-7-8-13(17)11-6-4-3-5-10(11)12/h3-9H,2H2,1H3,(H,19,20,21). The molecule has 0 aliphatic heterocycles. The van der Waals surface area contributed by atoms with Crippen LogP contribution in [0.25, 0.3) is 22.2 Å². The predicted molar refractivity (Wildman–Crippen MR) is 91.8 cm³/mol. The smallest absolute Gasteiger partial charge is 0.162 e. The molecule has 3 nitrogen and oxygen atoms in total. The van der Waals surface area contributed by atoms with Crippen molar-refractivity contribution in [2.24, 2.45) is 0 Å². The van der Waals surface area contributed by atoms with Crippen LogP contribution < -0.4 is 5.32 Å². The van der Waals surface area contributed by atoms with Crippen LogP contribution in [-0.2, 0) is 0 Å². The second-order valence-corrected chi connectivity index (χ2v) is 5.72. The van der Waals surface area contributed by atoms with Crippen molar-refractivity contribution in [3.05, 3.63) is 52.0 Å². The van der Waals surface area contributed by atoms with Crippen LogP contribution in [0.15, 0.2) is 42.6 Å². The third kappa shape index (κ3) is 2.70. The van der Waals surface area contributed by atoms with Gasteiger partial charge in [0, 0.05) is 23.7 Å². The van der Waals surface area contributed by atoms with Gasteiger partial charge >= 0.3 is 0 Å². The van der Waals surface area contributed by atoms with Crippen LogP contribution in [0, 0.1) is 9.39 Å². The molecule has 2 aromatic carbocycles. The van der Waals surface area contributed by atoms with E-state index in [-0.39, 0.29) is 5.82 Å². The van der Waals surface area contributed by atoms with E-state index >= 15 is 0 Å². The van der Waals surface area contributed by atoms with Gasteiger partial charge in [0.1, 0.15) is 11.6 Å². The van der Waals surface area contributed by atoms with Gasteiger partial charge in [-0.2, -0.15) is 0 Å². The monoisotopic (exact) mass is 393 g/mol. The lowest BCUT2D eigenvalue weighted by molar-refractivity contribution is 0.640. The van der Waals surface area contributed by atoms with Crippen molar-refractivity contribution in [1.82, 2.24) is 9.97 Å². The molecular formula is C16H13FIN3. The SMILES string of the molecule is CCNc1nc(-c2ccc(F)c3ccccc23)ncc1I. The predicted octanol–water partition coefficient (Wildman–Crippen LogP) is 4.47. The van der Waals surface area contributed by atoms with Crippen LogP contribution >= 0.6 is 22.6 Å². The molecule has 0 radical (unpaired) electrons. The maximum absolute atomic E-state index is 13.9. The highest BCUT2D eigenvalue weighted by Crippen LogP contribution is 2.29. The highest BCUT2D eigenvalue weighted by atomic mass is 127. The Balaban J connectivity index is 2.21. The van der Waals surface area contributed by atoms with Crippen LogP contribution in [0.4, 0.5) is 10.2 Å². The van der Waals surface area contributed by atoms with Crippen molar-refractivity contribution in [2.45, 2.75) is 6.92 Å². The molecule has 0 aliphatic rings. The fraction of sp³-hybridized carbons (Fsp3) is 0.125. The second-order valence-electron chi connectivity index (χ2n) is 4.56. The summed E-state index contributed by atoms with van der Waals surface area (Å²) in [5, 5.41) is 4.62. The van der Waals surface area contributed by atoms with Gasteiger partial charge in [0.15, 0.2) is 5.82 Å². The van der Waals surface area contributed by atoms with E-state index in [4.69, 9.17) is 0 Å². The number of nitrogens with one attached hydrogen (secondary N) is 1. The molecule has 0 fully saturated rings. The van der Waals surface area contributed by atoms with Gasteiger partial charge in [-0.3, -0.25) is 0 Å². The molecule has 0 bridgehead atoms. The zero-order valence-electron chi connectivity index (χ0n) is 11.4. The Morgan fingerprint density at radius 3 is 2.67 bits per heavy atom. The number of rotatable bonds is 3. The van der Waals surface area contributed by atoms with Crippen LogP contribution in [0.5, 0.6) is 0 Å². The number of halogens is 2. The van der Waals surface area contributed by atoms with E-state index in [2.05, 4.69) is 37.9 Å². The van der Waals surface area contributed by atoms with Crippen molar-refractivity contribution in [3.8, 4) is 11.4 Å². The van der Waals surface area contributed by atoms with E-state index in [0.29, 0.717) is 11.2 Å². The summed E-state index contributed by atoms with van der Waals surface area (Å²) in [6.45, 7) is 2.81. The topological polar surface area (TPSA) is 37.8 Å². The number of hydrogen-bond donors (Lipinski definition) is 1. The molecule has 21 heavy (non-hydrogen) atoms. The first-order valence-electron chi connectivity index (χ1n) is 6.64. The molecule has 3 aromatic rings. The molecule has 0 saturated heterocycles. The van der Waals surface area contributed by atoms with Crippen molar-refractivity contribution < 1.29 is 4.39 Å². The molecule has 5 heteroatoms. The van der Waals surface area contributed by atoms with Gasteiger partial charge in [-0.05, 0) is 47.0 Å². The maximum Gasteiger partial charge on any atom is 0.162 e. The summed E-state index contributed by atoms with van der Waals surface area (Å²) >= 11 is 2.20. The Hall–Kier alpha value is -1.76. The third-order valence-corrected chi connectivity index (χ3v) is 3.99. The van der Waals surface area contributed by atoms with Crippen molar-refractivity contribution in [1.29, 1.82) is 0 Å². The molecule has 3 rings (SSSR count). The molecule has 0 amide bonds. The van der Waals surface area contributed by atoms with E-state index in [0.717, 1.165) is 26.9 Å². The Kier molecular flexibility index (Phi) is 4.01. The van der Waals surface area contributed by atoms with Crippen LogP contribution in [0.3, 0.4) is 0 Å². The zero-order chi connectivity index (χ0) is 14.8. The van der Waals surface area contributed by atoms with Gasteiger partial charge in [-0.25, -0.2) is 14.4 Å². The van der Waals surface area contributed by atoms with Gasteiger partial charge in [0.05, 0.1) is 3.57 Å². The first kappa shape index (κ1) is 14.2. The molecule has 0 spiro atoms. The highest BCUT2D eigenvalue weighted by molar-refractivity contribution is 14.1. The fourth-order valence-corrected chi connectivity index (χ4v) is 2.70. The highest BCUT2D eigenvalue weighted by Gasteiger charge is 2.11. The Labute approximate surface area is 135 Å². The summed E-state index contributed by atoms with van der Waals surface area (Å²) in [5.74, 6) is 1.17. The molecule has 1 N–H and O–H groups in total. The molecule has 0 unspecified atom stereocenters. The normalized spacial score (nSPS) is 10.8. The van der Waals surface area contributed by atoms with Gasteiger partial charge in [0.2, 0.25) is 0 Å². The summed E-state index contributed by atoms with van der Waals surface area (Å²) in [6, 6.07) is 10.6. The van der Waals surface area contributed by atoms with Crippen LogP contribution in [0.2, 0.25) is 0 Å². The Morgan fingerprint density at radius 1 is 1.14 bits per heavy atom. The lowest BCUT2D eigenvalue weighted by Crippen LogP contribution is -2.04. The lowest BCUT2D eigenvalue weighted by Gasteiger charge is -2.09. The summed E-state index contributed by atoms with van der Waals surface area (Å²) in [5.41, 5.74) is 0.836. The second kappa shape index (κ2) is 5.93. The average Bonchev–Trinajstić information content (AvgIpc) is 2.51. The number of benzene rings is 2. The number of aromatic nitrogens is 2. The largest absolute Gasteiger partial charge is 0.369 e. The van der Waals surface area contributed by atoms with Gasteiger partial charge in [-0.1, -0.05) is 24.3 Å². The van der Waals surface area contributed by atoms with E-state index < -0.39 is 0 Å². The van der Waals surface area contributed by atoms with Gasteiger partial charge < -0.3 is 5.32 Å². The first-order valence-corrected chi connectivity index (χ1v) is 7.72. The van der Waals surface area contributed by atoms with E-state index in [1.54, 1.807) is 18.3 Å². The Bertz CT molecular complexity index is 805. The minimum atomic E-state index is -0.230. The molecule has 0 saturated carbocycles. The summed E-state index contributed by atoms with van der Waals surface area (Å²) < 4.78 is 14.9. The molecule has 106 valence electrons. The zero-order valence-corrected chi connectivity index (χ0v) is 13.6. The summed E-state index contributed by atoms with van der Waals surface area (Å²) in [7, 11) is 0. The van der Waals surface area contributed by atoms with Crippen LogP contribution in [-0.4, -0.2) is 16.5 Å². The van der Waals surface area contributed by atoms with E-state index in [1.807, 2.05) is 25.1 Å². The maximum atomic E-state index is 13.9. The van der Waals surface area contributed by atoms with Crippen molar-refractivity contribution in [3.63, 3.8) is 0 Å².